The van der Waals surface area contributed by atoms with E-state index in [1.807, 2.05) is 0 Å². The molecule has 0 spiro atoms. The van der Waals surface area contributed by atoms with Crippen molar-refractivity contribution in [3.8, 4) is 0 Å². The first-order valence-electron chi connectivity index (χ1n) is 6.08. The number of rotatable bonds is 4. The Morgan fingerprint density at radius 3 is 2.50 bits per heavy atom. The van der Waals surface area contributed by atoms with Crippen molar-refractivity contribution in [2.45, 2.75) is 25.1 Å². The van der Waals surface area contributed by atoms with E-state index in [0.29, 0.717) is 24.0 Å². The highest BCUT2D eigenvalue weighted by atomic mass is 79.9. The Bertz CT molecular complexity index is 514. The second-order valence-corrected chi connectivity index (χ2v) is 5.40. The monoisotopic (exact) mass is 353 g/mol. The van der Waals surface area contributed by atoms with Crippen molar-refractivity contribution >= 4 is 21.8 Å². The first-order chi connectivity index (χ1) is 9.34. The summed E-state index contributed by atoms with van der Waals surface area (Å²) in [5.41, 5.74) is -1.54. The van der Waals surface area contributed by atoms with Crippen molar-refractivity contribution in [2.24, 2.45) is 0 Å². The molecule has 1 aromatic carbocycles. The van der Waals surface area contributed by atoms with Gasteiger partial charge in [0.15, 0.2) is 0 Å². The van der Waals surface area contributed by atoms with E-state index in [1.165, 1.54) is 4.90 Å². The highest BCUT2D eigenvalue weighted by molar-refractivity contribution is 9.09. The van der Waals surface area contributed by atoms with E-state index < -0.39 is 23.5 Å². The van der Waals surface area contributed by atoms with Gasteiger partial charge >= 0.3 is 6.18 Å². The molecule has 1 fully saturated rings. The van der Waals surface area contributed by atoms with Crippen LogP contribution in [0.4, 0.5) is 17.6 Å². The van der Waals surface area contributed by atoms with E-state index in [-0.39, 0.29) is 11.6 Å². The van der Waals surface area contributed by atoms with Crippen LogP contribution in [0.2, 0.25) is 0 Å². The molecule has 2 nitrogen and oxygen atoms in total. The van der Waals surface area contributed by atoms with Gasteiger partial charge in [-0.15, -0.1) is 0 Å². The number of amides is 1. The average Bonchev–Trinajstić information content (AvgIpc) is 3.18. The molecule has 0 saturated heterocycles. The molecule has 110 valence electrons. The maximum atomic E-state index is 13.2. The second kappa shape index (κ2) is 5.71. The summed E-state index contributed by atoms with van der Waals surface area (Å²) in [6.45, 7) is 0.419. The average molecular weight is 354 g/mol. The molecular formula is C13H12BrF4NO. The minimum Gasteiger partial charge on any atom is -0.335 e. The number of carbonyl (C=O) groups excluding carboxylic acids is 1. The van der Waals surface area contributed by atoms with Gasteiger partial charge < -0.3 is 4.90 Å². The number of halogens is 5. The maximum absolute atomic E-state index is 13.2. The van der Waals surface area contributed by atoms with E-state index >= 15 is 0 Å². The van der Waals surface area contributed by atoms with E-state index in [9.17, 15) is 22.4 Å². The third-order valence-electron chi connectivity index (χ3n) is 3.09. The van der Waals surface area contributed by atoms with Crippen molar-refractivity contribution in [3.05, 3.63) is 35.1 Å². The number of carbonyl (C=O) groups is 1. The zero-order valence-electron chi connectivity index (χ0n) is 10.4. The van der Waals surface area contributed by atoms with E-state index in [1.54, 1.807) is 0 Å². The smallest absolute Gasteiger partial charge is 0.335 e. The van der Waals surface area contributed by atoms with Crippen LogP contribution in [0.3, 0.4) is 0 Å². The van der Waals surface area contributed by atoms with Crippen LogP contribution in [0.1, 0.15) is 28.8 Å². The van der Waals surface area contributed by atoms with Crippen LogP contribution in [-0.4, -0.2) is 28.7 Å². The third-order valence-corrected chi connectivity index (χ3v) is 3.45. The molecule has 0 aliphatic heterocycles. The summed E-state index contributed by atoms with van der Waals surface area (Å²) in [7, 11) is 0. The van der Waals surface area contributed by atoms with Crippen molar-refractivity contribution in [3.63, 3.8) is 0 Å². The van der Waals surface area contributed by atoms with Crippen molar-refractivity contribution < 1.29 is 22.4 Å². The standard InChI is InChI=1S/C13H12BrF4NO/c14-5-6-19(9-2-3-9)12(20)8-1-4-11(15)10(7-8)13(16,17)18/h1,4,7,9H,2-3,5-6H2. The lowest BCUT2D eigenvalue weighted by Crippen LogP contribution is -2.34. The Labute approximate surface area is 121 Å². The molecule has 7 heteroatoms. The summed E-state index contributed by atoms with van der Waals surface area (Å²) < 4.78 is 51.1. The Morgan fingerprint density at radius 1 is 1.35 bits per heavy atom. The van der Waals surface area contributed by atoms with Gasteiger partial charge in [-0.05, 0) is 31.0 Å². The molecule has 0 unspecified atom stereocenters. The summed E-state index contributed by atoms with van der Waals surface area (Å²) in [5.74, 6) is -1.86. The van der Waals surface area contributed by atoms with Gasteiger partial charge in [-0.3, -0.25) is 4.79 Å². The summed E-state index contributed by atoms with van der Waals surface area (Å²) in [6.07, 6.45) is -3.10. The molecule has 1 aliphatic carbocycles. The normalized spacial score (nSPS) is 15.2. The molecule has 0 radical (unpaired) electrons. The largest absolute Gasteiger partial charge is 0.419 e. The molecular weight excluding hydrogens is 342 g/mol. The number of hydrogen-bond acceptors (Lipinski definition) is 1. The van der Waals surface area contributed by atoms with Crippen molar-refractivity contribution in [2.75, 3.05) is 11.9 Å². The van der Waals surface area contributed by atoms with Crippen LogP contribution in [-0.2, 0) is 6.18 Å². The summed E-state index contributed by atoms with van der Waals surface area (Å²) in [6, 6.07) is 2.45. The first-order valence-corrected chi connectivity index (χ1v) is 7.20. The van der Waals surface area contributed by atoms with Crippen LogP contribution >= 0.6 is 15.9 Å². The Balaban J connectivity index is 2.30. The molecule has 1 aliphatic rings. The fourth-order valence-corrected chi connectivity index (χ4v) is 2.35. The highest BCUT2D eigenvalue weighted by Gasteiger charge is 2.36. The zero-order chi connectivity index (χ0) is 14.9. The summed E-state index contributed by atoms with van der Waals surface area (Å²) in [5, 5.41) is 0.544. The molecule has 0 atom stereocenters. The summed E-state index contributed by atoms with van der Waals surface area (Å²) in [4.78, 5) is 13.8. The van der Waals surface area contributed by atoms with E-state index in [4.69, 9.17) is 0 Å². The van der Waals surface area contributed by atoms with E-state index in [2.05, 4.69) is 15.9 Å². The predicted molar refractivity (Wildman–Crippen MR) is 69.3 cm³/mol. The van der Waals surface area contributed by atoms with Gasteiger partial charge in [0.2, 0.25) is 0 Å². The zero-order valence-corrected chi connectivity index (χ0v) is 12.0. The Hall–Kier alpha value is -1.11. The maximum Gasteiger partial charge on any atom is 0.419 e. The van der Waals surface area contributed by atoms with Gasteiger partial charge in [-0.1, -0.05) is 15.9 Å². The van der Waals surface area contributed by atoms with Crippen LogP contribution in [0.25, 0.3) is 0 Å². The lowest BCUT2D eigenvalue weighted by molar-refractivity contribution is -0.140. The van der Waals surface area contributed by atoms with Gasteiger partial charge in [0.1, 0.15) is 5.82 Å². The van der Waals surface area contributed by atoms with Crippen molar-refractivity contribution in [1.82, 2.24) is 4.90 Å². The van der Waals surface area contributed by atoms with Gasteiger partial charge in [0.05, 0.1) is 5.56 Å². The molecule has 1 amide bonds. The fourth-order valence-electron chi connectivity index (χ4n) is 1.97. The van der Waals surface area contributed by atoms with Crippen LogP contribution in [0.5, 0.6) is 0 Å². The number of hydrogen-bond donors (Lipinski definition) is 0. The quantitative estimate of drug-likeness (QED) is 0.594. The molecule has 0 aromatic heterocycles. The lowest BCUT2D eigenvalue weighted by atomic mass is 10.1. The SMILES string of the molecule is O=C(c1ccc(F)c(C(F)(F)F)c1)N(CCBr)C1CC1. The van der Waals surface area contributed by atoms with Gasteiger partial charge in [0, 0.05) is 23.5 Å². The number of nitrogens with zero attached hydrogens (tertiary/aromatic N) is 1. The van der Waals surface area contributed by atoms with E-state index in [0.717, 1.165) is 18.9 Å². The topological polar surface area (TPSA) is 20.3 Å². The third kappa shape index (κ3) is 3.31. The van der Waals surface area contributed by atoms with Crippen molar-refractivity contribution in [1.29, 1.82) is 0 Å². The second-order valence-electron chi connectivity index (χ2n) is 4.61. The van der Waals surface area contributed by atoms with Crippen LogP contribution < -0.4 is 0 Å². The van der Waals surface area contributed by atoms with Gasteiger partial charge in [0.25, 0.3) is 5.91 Å². The fraction of sp³-hybridized carbons (Fsp3) is 0.462. The Morgan fingerprint density at radius 2 is 2.00 bits per heavy atom. The molecule has 0 bridgehead atoms. The van der Waals surface area contributed by atoms with Gasteiger partial charge in [-0.25, -0.2) is 4.39 Å². The van der Waals surface area contributed by atoms with Gasteiger partial charge in [-0.2, -0.15) is 13.2 Å². The van der Waals surface area contributed by atoms with Crippen LogP contribution in [0, 0.1) is 5.82 Å². The van der Waals surface area contributed by atoms with Crippen LogP contribution in [0.15, 0.2) is 18.2 Å². The molecule has 20 heavy (non-hydrogen) atoms. The molecule has 0 heterocycles. The Kier molecular flexibility index (Phi) is 4.36. The minimum atomic E-state index is -4.81. The number of alkyl halides is 4. The molecule has 1 aromatic rings. The minimum absolute atomic E-state index is 0.0828. The number of benzene rings is 1. The lowest BCUT2D eigenvalue weighted by Gasteiger charge is -2.22. The molecule has 2 rings (SSSR count). The predicted octanol–water partition coefficient (Wildman–Crippen LogP) is 3.84. The highest BCUT2D eigenvalue weighted by Crippen LogP contribution is 2.33. The summed E-state index contributed by atoms with van der Waals surface area (Å²) >= 11 is 3.21. The first kappa shape index (κ1) is 15.3. The molecule has 0 N–H and O–H groups in total. The molecule has 1 saturated carbocycles.